The standard InChI is InChI=1S/C25H29BrN4O/c1-5-16(2)24-28-22-10-9-20(26)14-21(22)25(31)30(24)27-15-19-8-11-23(18(4)17(19)3)29-12-6-7-13-29/h8-11,14-16H,5-7,12-13H2,1-4H3/t16-/m1/s1. The van der Waals surface area contributed by atoms with Gasteiger partial charge in [0.2, 0.25) is 0 Å². The number of aromatic nitrogens is 2. The molecule has 1 aliphatic heterocycles. The Kier molecular flexibility index (Phi) is 6.28. The molecule has 5 nitrogen and oxygen atoms in total. The predicted octanol–water partition coefficient (Wildman–Crippen LogP) is 5.77. The second-order valence-corrected chi connectivity index (χ2v) is 9.34. The van der Waals surface area contributed by atoms with Crippen LogP contribution in [-0.2, 0) is 0 Å². The molecule has 0 N–H and O–H groups in total. The van der Waals surface area contributed by atoms with E-state index in [1.807, 2.05) is 18.2 Å². The fourth-order valence-corrected chi connectivity index (χ4v) is 4.53. The largest absolute Gasteiger partial charge is 0.371 e. The molecule has 0 spiro atoms. The Hall–Kier alpha value is -2.47. The van der Waals surface area contributed by atoms with Crippen LogP contribution in [0.25, 0.3) is 10.9 Å². The van der Waals surface area contributed by atoms with E-state index in [-0.39, 0.29) is 11.5 Å². The quantitative estimate of drug-likeness (QED) is 0.435. The first-order chi connectivity index (χ1) is 14.9. The van der Waals surface area contributed by atoms with Crippen molar-refractivity contribution < 1.29 is 0 Å². The van der Waals surface area contributed by atoms with Gasteiger partial charge in [-0.25, -0.2) is 4.98 Å². The van der Waals surface area contributed by atoms with Gasteiger partial charge in [0.25, 0.3) is 5.56 Å². The number of anilines is 1. The summed E-state index contributed by atoms with van der Waals surface area (Å²) in [4.78, 5) is 20.6. The van der Waals surface area contributed by atoms with Crippen LogP contribution in [0.3, 0.4) is 0 Å². The van der Waals surface area contributed by atoms with Crippen molar-refractivity contribution in [1.29, 1.82) is 0 Å². The van der Waals surface area contributed by atoms with Gasteiger partial charge in [-0.15, -0.1) is 0 Å². The maximum Gasteiger partial charge on any atom is 0.282 e. The minimum Gasteiger partial charge on any atom is -0.371 e. The zero-order chi connectivity index (χ0) is 22.1. The summed E-state index contributed by atoms with van der Waals surface area (Å²) in [5, 5.41) is 5.21. The predicted molar refractivity (Wildman–Crippen MR) is 133 cm³/mol. The fourth-order valence-electron chi connectivity index (χ4n) is 4.17. The molecular formula is C25H29BrN4O. The molecule has 1 aliphatic rings. The van der Waals surface area contributed by atoms with Crippen molar-refractivity contribution >= 4 is 38.7 Å². The molecule has 2 heterocycles. The fraction of sp³-hybridized carbons (Fsp3) is 0.400. The third-order valence-electron chi connectivity index (χ3n) is 6.45. The summed E-state index contributed by atoms with van der Waals surface area (Å²) in [5.74, 6) is 0.819. The first-order valence-corrected chi connectivity index (χ1v) is 11.8. The van der Waals surface area contributed by atoms with Gasteiger partial charge in [0, 0.05) is 29.2 Å². The molecule has 0 aliphatic carbocycles. The van der Waals surface area contributed by atoms with Gasteiger partial charge >= 0.3 is 0 Å². The molecule has 2 aromatic carbocycles. The summed E-state index contributed by atoms with van der Waals surface area (Å²) in [6.07, 6.45) is 5.20. The van der Waals surface area contributed by atoms with Gasteiger partial charge in [-0.05, 0) is 74.1 Å². The van der Waals surface area contributed by atoms with Gasteiger partial charge in [-0.2, -0.15) is 9.78 Å². The lowest BCUT2D eigenvalue weighted by atomic mass is 10.0. The van der Waals surface area contributed by atoms with Crippen LogP contribution in [0.4, 0.5) is 5.69 Å². The lowest BCUT2D eigenvalue weighted by Gasteiger charge is -2.22. The van der Waals surface area contributed by atoms with Gasteiger partial charge in [0.1, 0.15) is 5.82 Å². The average Bonchev–Trinajstić information content (AvgIpc) is 3.30. The molecule has 0 unspecified atom stereocenters. The van der Waals surface area contributed by atoms with Crippen LogP contribution < -0.4 is 10.5 Å². The SMILES string of the molecule is CC[C@@H](C)c1nc2ccc(Br)cc2c(=O)n1N=Cc1ccc(N2CCCC2)c(C)c1C. The van der Waals surface area contributed by atoms with Crippen molar-refractivity contribution in [3.63, 3.8) is 0 Å². The highest BCUT2D eigenvalue weighted by Crippen LogP contribution is 2.28. The molecule has 3 aromatic rings. The van der Waals surface area contributed by atoms with E-state index < -0.39 is 0 Å². The Morgan fingerprint density at radius 3 is 2.61 bits per heavy atom. The molecular weight excluding hydrogens is 452 g/mol. The van der Waals surface area contributed by atoms with E-state index >= 15 is 0 Å². The summed E-state index contributed by atoms with van der Waals surface area (Å²) >= 11 is 3.46. The number of hydrogen-bond acceptors (Lipinski definition) is 4. The normalized spacial score (nSPS) is 15.3. The van der Waals surface area contributed by atoms with E-state index in [9.17, 15) is 4.79 Å². The van der Waals surface area contributed by atoms with Crippen LogP contribution in [0.1, 0.15) is 61.5 Å². The molecule has 0 amide bonds. The van der Waals surface area contributed by atoms with Crippen molar-refractivity contribution in [3.05, 3.63) is 67.7 Å². The van der Waals surface area contributed by atoms with Gasteiger partial charge in [-0.1, -0.05) is 35.8 Å². The highest BCUT2D eigenvalue weighted by Gasteiger charge is 2.17. The van der Waals surface area contributed by atoms with Crippen LogP contribution in [0.2, 0.25) is 0 Å². The monoisotopic (exact) mass is 480 g/mol. The first-order valence-electron chi connectivity index (χ1n) is 11.0. The second kappa shape index (κ2) is 8.95. The van der Waals surface area contributed by atoms with Gasteiger partial charge in [0.05, 0.1) is 17.1 Å². The summed E-state index contributed by atoms with van der Waals surface area (Å²) < 4.78 is 2.33. The van der Waals surface area contributed by atoms with Crippen LogP contribution in [-0.4, -0.2) is 29.0 Å². The van der Waals surface area contributed by atoms with E-state index in [1.54, 1.807) is 6.21 Å². The van der Waals surface area contributed by atoms with Gasteiger partial charge < -0.3 is 4.90 Å². The maximum atomic E-state index is 13.3. The molecule has 0 saturated carbocycles. The number of benzene rings is 2. The van der Waals surface area contributed by atoms with E-state index in [1.165, 1.54) is 34.3 Å². The lowest BCUT2D eigenvalue weighted by Crippen LogP contribution is -2.24. The van der Waals surface area contributed by atoms with Crippen LogP contribution >= 0.6 is 15.9 Å². The summed E-state index contributed by atoms with van der Waals surface area (Å²) in [7, 11) is 0. The first kappa shape index (κ1) is 21.8. The maximum absolute atomic E-state index is 13.3. The smallest absolute Gasteiger partial charge is 0.282 e. The Bertz CT molecular complexity index is 1210. The molecule has 1 aromatic heterocycles. The lowest BCUT2D eigenvalue weighted by molar-refractivity contribution is 0.613. The highest BCUT2D eigenvalue weighted by atomic mass is 79.9. The van der Waals surface area contributed by atoms with Crippen molar-refractivity contribution in [3.8, 4) is 0 Å². The molecule has 162 valence electrons. The molecule has 1 atom stereocenters. The van der Waals surface area contributed by atoms with E-state index in [4.69, 9.17) is 4.98 Å². The molecule has 1 fully saturated rings. The van der Waals surface area contributed by atoms with Crippen LogP contribution in [0.5, 0.6) is 0 Å². The summed E-state index contributed by atoms with van der Waals surface area (Å²) in [5.41, 5.74) is 5.38. The van der Waals surface area contributed by atoms with E-state index in [2.05, 4.69) is 65.8 Å². The molecule has 0 radical (unpaired) electrons. The Labute approximate surface area is 191 Å². The molecule has 1 saturated heterocycles. The van der Waals surface area contributed by atoms with Crippen molar-refractivity contribution in [2.75, 3.05) is 18.0 Å². The Morgan fingerprint density at radius 2 is 1.90 bits per heavy atom. The van der Waals surface area contributed by atoms with Crippen LogP contribution in [0.15, 0.2) is 44.7 Å². The van der Waals surface area contributed by atoms with Crippen LogP contribution in [0, 0.1) is 13.8 Å². The molecule has 6 heteroatoms. The topological polar surface area (TPSA) is 50.5 Å². The Balaban J connectivity index is 1.79. The van der Waals surface area contributed by atoms with Crippen molar-refractivity contribution in [2.24, 2.45) is 5.10 Å². The van der Waals surface area contributed by atoms with Crippen molar-refractivity contribution in [2.45, 2.75) is 52.9 Å². The number of fused-ring (bicyclic) bond motifs is 1. The third kappa shape index (κ3) is 4.18. The third-order valence-corrected chi connectivity index (χ3v) is 6.94. The number of halogens is 1. The molecule has 4 rings (SSSR count). The van der Waals surface area contributed by atoms with Crippen molar-refractivity contribution in [1.82, 2.24) is 9.66 Å². The average molecular weight is 481 g/mol. The zero-order valence-corrected chi connectivity index (χ0v) is 20.2. The van der Waals surface area contributed by atoms with Gasteiger partial charge in [-0.3, -0.25) is 4.79 Å². The summed E-state index contributed by atoms with van der Waals surface area (Å²) in [6, 6.07) is 9.90. The highest BCUT2D eigenvalue weighted by molar-refractivity contribution is 9.10. The second-order valence-electron chi connectivity index (χ2n) is 8.42. The number of hydrogen-bond donors (Lipinski definition) is 0. The van der Waals surface area contributed by atoms with E-state index in [0.29, 0.717) is 16.7 Å². The van der Waals surface area contributed by atoms with E-state index in [0.717, 1.165) is 29.5 Å². The van der Waals surface area contributed by atoms with Gasteiger partial charge in [0.15, 0.2) is 0 Å². The Morgan fingerprint density at radius 1 is 1.16 bits per heavy atom. The molecule has 31 heavy (non-hydrogen) atoms. The molecule has 0 bridgehead atoms. The zero-order valence-electron chi connectivity index (χ0n) is 18.7. The minimum absolute atomic E-state index is 0.123. The minimum atomic E-state index is -0.138. The summed E-state index contributed by atoms with van der Waals surface area (Å²) in [6.45, 7) is 10.7. The number of rotatable bonds is 5. The number of nitrogens with zero attached hydrogens (tertiary/aromatic N) is 4.